The van der Waals surface area contributed by atoms with Crippen LogP contribution in [-0.4, -0.2) is 33.4 Å². The van der Waals surface area contributed by atoms with Crippen LogP contribution < -0.4 is 10.1 Å². The van der Waals surface area contributed by atoms with Crippen molar-refractivity contribution >= 4 is 17.2 Å². The van der Waals surface area contributed by atoms with Crippen LogP contribution in [0.25, 0.3) is 5.65 Å². The molecule has 2 heterocycles. The highest BCUT2D eigenvalue weighted by molar-refractivity contribution is 5.94. The molecule has 0 unspecified atom stereocenters. The Labute approximate surface area is 149 Å². The van der Waals surface area contributed by atoms with Crippen LogP contribution in [0.15, 0.2) is 42.6 Å². The molecule has 8 nitrogen and oxygen atoms in total. The van der Waals surface area contributed by atoms with Gasteiger partial charge >= 0.3 is 0 Å². The summed E-state index contributed by atoms with van der Waals surface area (Å²) in [6.07, 6.45) is 1.82. The molecule has 134 valence electrons. The molecule has 1 aromatic carbocycles. The second kappa shape index (κ2) is 7.22. The van der Waals surface area contributed by atoms with Crippen LogP contribution in [-0.2, 0) is 0 Å². The van der Waals surface area contributed by atoms with Gasteiger partial charge in [0.2, 0.25) is 0 Å². The summed E-state index contributed by atoms with van der Waals surface area (Å²) < 4.78 is 7.21. The number of nitrogens with zero attached hydrogens (tertiary/aromatic N) is 3. The predicted molar refractivity (Wildman–Crippen MR) is 95.6 cm³/mol. The first-order chi connectivity index (χ1) is 12.5. The lowest BCUT2D eigenvalue weighted by Crippen LogP contribution is -2.29. The summed E-state index contributed by atoms with van der Waals surface area (Å²) in [5, 5.41) is 13.5. The number of imidazole rings is 1. The molecule has 26 heavy (non-hydrogen) atoms. The van der Waals surface area contributed by atoms with Crippen molar-refractivity contribution in [3.63, 3.8) is 0 Å². The average molecular weight is 354 g/mol. The van der Waals surface area contributed by atoms with E-state index in [0.29, 0.717) is 17.1 Å². The number of aryl methyl sites for hydroxylation is 2. The molecule has 0 aliphatic carbocycles. The fourth-order valence-electron chi connectivity index (χ4n) is 2.64. The Bertz CT molecular complexity index is 980. The van der Waals surface area contributed by atoms with Crippen LogP contribution in [0.3, 0.4) is 0 Å². The molecule has 0 aliphatic rings. The molecule has 0 bridgehead atoms. The molecule has 3 rings (SSSR count). The van der Waals surface area contributed by atoms with Crippen molar-refractivity contribution < 1.29 is 14.5 Å². The van der Waals surface area contributed by atoms with Gasteiger partial charge in [-0.15, -0.1) is 0 Å². The minimum atomic E-state index is -0.482. The van der Waals surface area contributed by atoms with Gasteiger partial charge in [-0.05, 0) is 37.6 Å². The van der Waals surface area contributed by atoms with Gasteiger partial charge in [-0.2, -0.15) is 0 Å². The normalized spacial score (nSPS) is 10.7. The molecular weight excluding hydrogens is 336 g/mol. The Balaban J connectivity index is 1.61. The van der Waals surface area contributed by atoms with Gasteiger partial charge in [-0.3, -0.25) is 19.3 Å². The minimum absolute atomic E-state index is 0.0387. The Kier molecular flexibility index (Phi) is 4.83. The van der Waals surface area contributed by atoms with Crippen LogP contribution >= 0.6 is 0 Å². The molecule has 2 aromatic heterocycles. The molecule has 1 amide bonds. The Morgan fingerprint density at radius 2 is 2.12 bits per heavy atom. The number of hydrogen-bond donors (Lipinski definition) is 1. The third-order valence-corrected chi connectivity index (χ3v) is 3.86. The van der Waals surface area contributed by atoms with E-state index in [9.17, 15) is 14.9 Å². The first-order valence-electron chi connectivity index (χ1n) is 8.06. The molecule has 3 aromatic rings. The number of nitro groups is 1. The molecule has 0 atom stereocenters. The Morgan fingerprint density at radius 1 is 1.31 bits per heavy atom. The topological polar surface area (TPSA) is 98.8 Å². The SMILES string of the molecule is Cc1ccn2c(C(=O)NCCOc3cccc([N+](=O)[O-])c3)c(C)nc2c1. The van der Waals surface area contributed by atoms with Crippen molar-refractivity contribution in [2.24, 2.45) is 0 Å². The quantitative estimate of drug-likeness (QED) is 0.417. The zero-order chi connectivity index (χ0) is 18.7. The van der Waals surface area contributed by atoms with E-state index < -0.39 is 4.92 Å². The molecule has 0 spiro atoms. The first kappa shape index (κ1) is 17.4. The summed E-state index contributed by atoms with van der Waals surface area (Å²) >= 11 is 0. The second-order valence-electron chi connectivity index (χ2n) is 5.84. The van der Waals surface area contributed by atoms with Crippen molar-refractivity contribution in [2.45, 2.75) is 13.8 Å². The fraction of sp³-hybridized carbons (Fsp3) is 0.222. The average Bonchev–Trinajstić information content (AvgIpc) is 2.93. The number of non-ortho nitro benzene ring substituents is 1. The summed E-state index contributed by atoms with van der Waals surface area (Å²) in [5.74, 6) is 0.136. The summed E-state index contributed by atoms with van der Waals surface area (Å²) in [6, 6.07) is 9.75. The van der Waals surface area contributed by atoms with Gasteiger partial charge in [0, 0.05) is 12.3 Å². The van der Waals surface area contributed by atoms with E-state index in [1.54, 1.807) is 23.5 Å². The molecule has 0 aliphatic heterocycles. The van der Waals surface area contributed by atoms with Crippen LogP contribution in [0.1, 0.15) is 21.7 Å². The van der Waals surface area contributed by atoms with Gasteiger partial charge < -0.3 is 10.1 Å². The van der Waals surface area contributed by atoms with Crippen molar-refractivity contribution in [1.82, 2.24) is 14.7 Å². The number of nitrogens with one attached hydrogen (secondary N) is 1. The molecule has 0 radical (unpaired) electrons. The summed E-state index contributed by atoms with van der Waals surface area (Å²) in [5.41, 5.74) is 2.88. The highest BCUT2D eigenvalue weighted by Crippen LogP contribution is 2.19. The number of fused-ring (bicyclic) bond motifs is 1. The summed E-state index contributed by atoms with van der Waals surface area (Å²) in [6.45, 7) is 4.22. The van der Waals surface area contributed by atoms with E-state index in [0.717, 1.165) is 11.2 Å². The van der Waals surface area contributed by atoms with E-state index in [4.69, 9.17) is 4.74 Å². The fourth-order valence-corrected chi connectivity index (χ4v) is 2.64. The first-order valence-corrected chi connectivity index (χ1v) is 8.06. The van der Waals surface area contributed by atoms with Gasteiger partial charge in [0.15, 0.2) is 0 Å². The van der Waals surface area contributed by atoms with E-state index in [1.165, 1.54) is 12.1 Å². The summed E-state index contributed by atoms with van der Waals surface area (Å²) in [7, 11) is 0. The maximum atomic E-state index is 12.5. The van der Waals surface area contributed by atoms with Crippen LogP contribution in [0.2, 0.25) is 0 Å². The number of benzene rings is 1. The maximum absolute atomic E-state index is 12.5. The Morgan fingerprint density at radius 3 is 2.88 bits per heavy atom. The third-order valence-electron chi connectivity index (χ3n) is 3.86. The number of nitro benzene ring substituents is 1. The molecule has 1 N–H and O–H groups in total. The number of hydrogen-bond acceptors (Lipinski definition) is 5. The van der Waals surface area contributed by atoms with Gasteiger partial charge in [-0.1, -0.05) is 6.07 Å². The number of rotatable bonds is 6. The van der Waals surface area contributed by atoms with Crippen molar-refractivity contribution in [2.75, 3.05) is 13.2 Å². The van der Waals surface area contributed by atoms with Gasteiger partial charge in [-0.25, -0.2) is 4.98 Å². The summed E-state index contributed by atoms with van der Waals surface area (Å²) in [4.78, 5) is 27.1. The van der Waals surface area contributed by atoms with Crippen LogP contribution in [0.4, 0.5) is 5.69 Å². The monoisotopic (exact) mass is 354 g/mol. The van der Waals surface area contributed by atoms with E-state index in [1.807, 2.05) is 25.3 Å². The highest BCUT2D eigenvalue weighted by atomic mass is 16.6. The highest BCUT2D eigenvalue weighted by Gasteiger charge is 2.16. The van der Waals surface area contributed by atoms with Crippen molar-refractivity contribution in [1.29, 1.82) is 0 Å². The zero-order valence-corrected chi connectivity index (χ0v) is 14.4. The van der Waals surface area contributed by atoms with E-state index in [-0.39, 0.29) is 24.7 Å². The maximum Gasteiger partial charge on any atom is 0.273 e. The second-order valence-corrected chi connectivity index (χ2v) is 5.84. The lowest BCUT2D eigenvalue weighted by atomic mass is 10.3. The number of amides is 1. The number of carbonyl (C=O) groups is 1. The van der Waals surface area contributed by atoms with Crippen LogP contribution in [0.5, 0.6) is 5.75 Å². The van der Waals surface area contributed by atoms with Gasteiger partial charge in [0.25, 0.3) is 11.6 Å². The molecule has 0 fully saturated rings. The molecule has 0 saturated carbocycles. The molecule has 8 heteroatoms. The number of ether oxygens (including phenoxy) is 1. The van der Waals surface area contributed by atoms with Crippen molar-refractivity contribution in [3.8, 4) is 5.75 Å². The minimum Gasteiger partial charge on any atom is -0.491 e. The third kappa shape index (κ3) is 3.64. The smallest absolute Gasteiger partial charge is 0.273 e. The number of aromatic nitrogens is 2. The number of carbonyl (C=O) groups excluding carboxylic acids is 1. The Hall–Kier alpha value is -3.42. The van der Waals surface area contributed by atoms with Crippen LogP contribution in [0, 0.1) is 24.0 Å². The zero-order valence-electron chi connectivity index (χ0n) is 14.4. The number of pyridine rings is 1. The lowest BCUT2D eigenvalue weighted by Gasteiger charge is -2.08. The lowest BCUT2D eigenvalue weighted by molar-refractivity contribution is -0.384. The molecular formula is C18H18N4O4. The predicted octanol–water partition coefficient (Wildman–Crippen LogP) is 2.67. The van der Waals surface area contributed by atoms with Gasteiger partial charge in [0.05, 0.1) is 23.2 Å². The van der Waals surface area contributed by atoms with E-state index in [2.05, 4.69) is 10.3 Å². The largest absolute Gasteiger partial charge is 0.491 e. The van der Waals surface area contributed by atoms with Crippen molar-refractivity contribution in [3.05, 3.63) is 69.7 Å². The van der Waals surface area contributed by atoms with E-state index >= 15 is 0 Å². The molecule has 0 saturated heterocycles. The van der Waals surface area contributed by atoms with Gasteiger partial charge in [0.1, 0.15) is 23.7 Å². The standard InChI is InChI=1S/C18H18N4O4/c1-12-6-8-21-16(10-12)20-13(2)17(21)18(23)19-7-9-26-15-5-3-4-14(11-15)22(24)25/h3-6,8,10-11H,7,9H2,1-2H3,(H,19,23).